The zero-order chi connectivity index (χ0) is 12.1. The van der Waals surface area contributed by atoms with E-state index < -0.39 is 0 Å². The van der Waals surface area contributed by atoms with Crippen LogP contribution in [0.2, 0.25) is 0 Å². The Labute approximate surface area is 104 Å². The SMILES string of the molecule is CC1(CCCCc2ccccc2)CCC(=O)C1. The molecular formula is C16H22O. The fourth-order valence-corrected chi connectivity index (χ4v) is 2.83. The van der Waals surface area contributed by atoms with Crippen molar-refractivity contribution in [2.45, 2.75) is 51.9 Å². The van der Waals surface area contributed by atoms with Gasteiger partial charge in [-0.05, 0) is 36.7 Å². The Hall–Kier alpha value is -1.11. The van der Waals surface area contributed by atoms with Gasteiger partial charge in [0.05, 0.1) is 0 Å². The monoisotopic (exact) mass is 230 g/mol. The summed E-state index contributed by atoms with van der Waals surface area (Å²) in [6.07, 6.45) is 7.62. The number of ketones is 1. The van der Waals surface area contributed by atoms with E-state index in [9.17, 15) is 4.79 Å². The normalized spacial score (nSPS) is 24.2. The Morgan fingerprint density at radius 2 is 1.94 bits per heavy atom. The van der Waals surface area contributed by atoms with Crippen LogP contribution in [-0.2, 0) is 11.2 Å². The van der Waals surface area contributed by atoms with E-state index in [-0.39, 0.29) is 0 Å². The number of Topliss-reactive ketones (excluding diaryl/α,β-unsaturated/α-hetero) is 1. The van der Waals surface area contributed by atoms with Crippen molar-refractivity contribution in [3.8, 4) is 0 Å². The second-order valence-electron chi connectivity index (χ2n) is 5.72. The number of hydrogen-bond acceptors (Lipinski definition) is 1. The summed E-state index contributed by atoms with van der Waals surface area (Å²) >= 11 is 0. The molecule has 1 aromatic carbocycles. The van der Waals surface area contributed by atoms with Crippen LogP contribution >= 0.6 is 0 Å². The molecule has 1 heteroatoms. The third-order valence-corrected chi connectivity index (χ3v) is 3.97. The van der Waals surface area contributed by atoms with Gasteiger partial charge in [-0.2, -0.15) is 0 Å². The predicted octanol–water partition coefficient (Wildman–Crippen LogP) is 4.16. The van der Waals surface area contributed by atoms with Gasteiger partial charge in [-0.3, -0.25) is 4.79 Å². The highest BCUT2D eigenvalue weighted by atomic mass is 16.1. The number of rotatable bonds is 5. The number of unbranched alkanes of at least 4 members (excludes halogenated alkanes) is 1. The average Bonchev–Trinajstić information content (AvgIpc) is 2.67. The highest BCUT2D eigenvalue weighted by molar-refractivity contribution is 5.81. The largest absolute Gasteiger partial charge is 0.300 e. The molecule has 1 saturated carbocycles. The molecule has 0 aromatic heterocycles. The van der Waals surface area contributed by atoms with Crippen LogP contribution in [0.3, 0.4) is 0 Å². The minimum atomic E-state index is 0.313. The van der Waals surface area contributed by atoms with Crippen LogP contribution in [0.1, 0.15) is 51.0 Å². The van der Waals surface area contributed by atoms with E-state index in [4.69, 9.17) is 0 Å². The quantitative estimate of drug-likeness (QED) is 0.694. The first-order valence-corrected chi connectivity index (χ1v) is 6.74. The van der Waals surface area contributed by atoms with Crippen molar-refractivity contribution in [3.63, 3.8) is 0 Å². The molecule has 1 aliphatic carbocycles. The molecule has 0 amide bonds. The molecule has 0 N–H and O–H groups in total. The molecule has 0 saturated heterocycles. The molecule has 1 fully saturated rings. The highest BCUT2D eigenvalue weighted by Crippen LogP contribution is 2.39. The topological polar surface area (TPSA) is 17.1 Å². The summed E-state index contributed by atoms with van der Waals surface area (Å²) in [5.41, 5.74) is 1.74. The van der Waals surface area contributed by atoms with E-state index in [1.807, 2.05) is 0 Å². The second kappa shape index (κ2) is 5.48. The van der Waals surface area contributed by atoms with Crippen molar-refractivity contribution < 1.29 is 4.79 Å². The maximum atomic E-state index is 11.3. The number of hydrogen-bond donors (Lipinski definition) is 0. The van der Waals surface area contributed by atoms with Crippen LogP contribution < -0.4 is 0 Å². The fourth-order valence-electron chi connectivity index (χ4n) is 2.83. The van der Waals surface area contributed by atoms with Crippen LogP contribution in [-0.4, -0.2) is 5.78 Å². The second-order valence-corrected chi connectivity index (χ2v) is 5.72. The van der Waals surface area contributed by atoms with Crippen LogP contribution in [0, 0.1) is 5.41 Å². The van der Waals surface area contributed by atoms with E-state index in [1.165, 1.54) is 31.2 Å². The summed E-state index contributed by atoms with van der Waals surface area (Å²) in [6, 6.07) is 10.7. The lowest BCUT2D eigenvalue weighted by Crippen LogP contribution is -2.11. The van der Waals surface area contributed by atoms with Crippen molar-refractivity contribution >= 4 is 5.78 Å². The van der Waals surface area contributed by atoms with Gasteiger partial charge in [0.15, 0.2) is 0 Å². The van der Waals surface area contributed by atoms with Gasteiger partial charge >= 0.3 is 0 Å². The number of benzene rings is 1. The van der Waals surface area contributed by atoms with Crippen molar-refractivity contribution in [2.75, 3.05) is 0 Å². The number of aryl methyl sites for hydroxylation is 1. The lowest BCUT2D eigenvalue weighted by molar-refractivity contribution is -0.118. The minimum absolute atomic E-state index is 0.313. The molecule has 0 aliphatic heterocycles. The Balaban J connectivity index is 1.68. The van der Waals surface area contributed by atoms with E-state index in [0.29, 0.717) is 11.2 Å². The Morgan fingerprint density at radius 3 is 2.59 bits per heavy atom. The lowest BCUT2D eigenvalue weighted by Gasteiger charge is -2.22. The Bertz CT molecular complexity index is 368. The van der Waals surface area contributed by atoms with Crippen LogP contribution in [0.15, 0.2) is 30.3 Å². The summed E-state index contributed by atoms with van der Waals surface area (Å²) in [6.45, 7) is 2.28. The van der Waals surface area contributed by atoms with Crippen molar-refractivity contribution in [3.05, 3.63) is 35.9 Å². The summed E-state index contributed by atoms with van der Waals surface area (Å²) < 4.78 is 0. The summed E-state index contributed by atoms with van der Waals surface area (Å²) in [4.78, 5) is 11.3. The molecule has 2 rings (SSSR count). The zero-order valence-electron chi connectivity index (χ0n) is 10.7. The van der Waals surface area contributed by atoms with Gasteiger partial charge in [0, 0.05) is 12.8 Å². The molecule has 1 aliphatic rings. The molecule has 0 heterocycles. The van der Waals surface area contributed by atoms with E-state index in [1.54, 1.807) is 0 Å². The van der Waals surface area contributed by atoms with Gasteiger partial charge in [0.25, 0.3) is 0 Å². The molecule has 1 atom stereocenters. The van der Waals surface area contributed by atoms with E-state index >= 15 is 0 Å². The highest BCUT2D eigenvalue weighted by Gasteiger charge is 2.32. The molecule has 0 spiro atoms. The van der Waals surface area contributed by atoms with Gasteiger partial charge in [-0.1, -0.05) is 43.7 Å². The molecule has 92 valence electrons. The van der Waals surface area contributed by atoms with Crippen LogP contribution in [0.4, 0.5) is 0 Å². The maximum Gasteiger partial charge on any atom is 0.133 e. The molecular weight excluding hydrogens is 208 g/mol. The van der Waals surface area contributed by atoms with Gasteiger partial charge in [-0.25, -0.2) is 0 Å². The van der Waals surface area contributed by atoms with Crippen LogP contribution in [0.25, 0.3) is 0 Å². The molecule has 0 radical (unpaired) electrons. The molecule has 1 nitrogen and oxygen atoms in total. The van der Waals surface area contributed by atoms with Crippen molar-refractivity contribution in [1.29, 1.82) is 0 Å². The Kier molecular flexibility index (Phi) is 3.98. The Morgan fingerprint density at radius 1 is 1.18 bits per heavy atom. The molecule has 1 aromatic rings. The van der Waals surface area contributed by atoms with Gasteiger partial charge in [0.2, 0.25) is 0 Å². The molecule has 0 bridgehead atoms. The number of carbonyl (C=O) groups excluding carboxylic acids is 1. The zero-order valence-corrected chi connectivity index (χ0v) is 10.7. The third-order valence-electron chi connectivity index (χ3n) is 3.97. The smallest absolute Gasteiger partial charge is 0.133 e. The van der Waals surface area contributed by atoms with Gasteiger partial charge in [0.1, 0.15) is 5.78 Å². The fraction of sp³-hybridized carbons (Fsp3) is 0.562. The summed E-state index contributed by atoms with van der Waals surface area (Å²) in [7, 11) is 0. The van der Waals surface area contributed by atoms with Gasteiger partial charge in [-0.15, -0.1) is 0 Å². The van der Waals surface area contributed by atoms with Gasteiger partial charge < -0.3 is 0 Å². The third kappa shape index (κ3) is 3.69. The summed E-state index contributed by atoms with van der Waals surface area (Å²) in [5, 5.41) is 0. The first-order valence-electron chi connectivity index (χ1n) is 6.74. The average molecular weight is 230 g/mol. The minimum Gasteiger partial charge on any atom is -0.300 e. The predicted molar refractivity (Wildman–Crippen MR) is 71.0 cm³/mol. The first kappa shape index (κ1) is 12.3. The number of carbonyl (C=O) groups is 1. The summed E-state index contributed by atoms with van der Waals surface area (Å²) in [5.74, 6) is 0.468. The standard InChI is InChI=1S/C16H22O/c1-16(12-10-15(17)13-16)11-6-5-9-14-7-3-2-4-8-14/h2-4,7-8H,5-6,9-13H2,1H3. The molecule has 1 unspecified atom stereocenters. The van der Waals surface area contributed by atoms with Crippen molar-refractivity contribution in [2.24, 2.45) is 5.41 Å². The van der Waals surface area contributed by atoms with E-state index in [2.05, 4.69) is 37.3 Å². The van der Waals surface area contributed by atoms with Crippen molar-refractivity contribution in [1.82, 2.24) is 0 Å². The maximum absolute atomic E-state index is 11.3. The first-order chi connectivity index (χ1) is 8.18. The molecule has 17 heavy (non-hydrogen) atoms. The van der Waals surface area contributed by atoms with E-state index in [0.717, 1.165) is 19.3 Å². The van der Waals surface area contributed by atoms with Crippen LogP contribution in [0.5, 0.6) is 0 Å². The lowest BCUT2D eigenvalue weighted by atomic mass is 9.83.